The normalized spacial score (nSPS) is 22.3. The molecule has 2 atom stereocenters. The van der Waals surface area contributed by atoms with Gasteiger partial charge in [-0.05, 0) is 36.6 Å². The smallest absolute Gasteiger partial charge is 0.407 e. The molecule has 0 saturated heterocycles. The predicted octanol–water partition coefficient (Wildman–Crippen LogP) is 2.30. The lowest BCUT2D eigenvalue weighted by molar-refractivity contribution is 0.0601. The molecule has 0 bridgehead atoms. The van der Waals surface area contributed by atoms with E-state index in [1.54, 1.807) is 25.1 Å². The van der Waals surface area contributed by atoms with Gasteiger partial charge < -0.3 is 15.1 Å². The number of benzene rings is 1. The van der Waals surface area contributed by atoms with Gasteiger partial charge in [-0.3, -0.25) is 0 Å². The standard InChI is InChI=1S/C12H14ClNO3/c1-2-14(12(16)17)10-6-7-5-8(13)3-4-9(7)11(10)15/h3-5,10-11,15H,2,6H2,1H3,(H,16,17). The fraction of sp³-hybridized carbons (Fsp3) is 0.417. The Hall–Kier alpha value is -1.26. The molecule has 1 amide bonds. The maximum atomic E-state index is 11.1. The van der Waals surface area contributed by atoms with Gasteiger partial charge in [0.15, 0.2) is 0 Å². The number of nitrogens with zero attached hydrogens (tertiary/aromatic N) is 1. The molecule has 0 aliphatic heterocycles. The van der Waals surface area contributed by atoms with Crippen LogP contribution < -0.4 is 0 Å². The van der Waals surface area contributed by atoms with E-state index in [-0.39, 0.29) is 0 Å². The highest BCUT2D eigenvalue weighted by molar-refractivity contribution is 6.30. The van der Waals surface area contributed by atoms with Crippen LogP contribution in [0.25, 0.3) is 0 Å². The number of carbonyl (C=O) groups is 1. The molecule has 0 aromatic heterocycles. The van der Waals surface area contributed by atoms with Gasteiger partial charge in [0.2, 0.25) is 0 Å². The van der Waals surface area contributed by atoms with Gasteiger partial charge >= 0.3 is 6.09 Å². The third-order valence-electron chi connectivity index (χ3n) is 3.20. The summed E-state index contributed by atoms with van der Waals surface area (Å²) in [5, 5.41) is 19.8. The molecule has 0 saturated carbocycles. The van der Waals surface area contributed by atoms with E-state index in [2.05, 4.69) is 0 Å². The molecule has 5 heteroatoms. The van der Waals surface area contributed by atoms with Crippen LogP contribution in [0.15, 0.2) is 18.2 Å². The van der Waals surface area contributed by atoms with Crippen LogP contribution in [0.4, 0.5) is 4.79 Å². The molecule has 1 aromatic carbocycles. The lowest BCUT2D eigenvalue weighted by Gasteiger charge is -2.27. The average Bonchev–Trinajstić information content (AvgIpc) is 2.56. The predicted molar refractivity (Wildman–Crippen MR) is 64.3 cm³/mol. The van der Waals surface area contributed by atoms with Crippen molar-refractivity contribution >= 4 is 17.7 Å². The molecule has 1 aliphatic rings. The molecular formula is C12H14ClNO3. The molecule has 0 fully saturated rings. The Balaban J connectivity index is 2.30. The van der Waals surface area contributed by atoms with Gasteiger partial charge in [-0.25, -0.2) is 4.79 Å². The highest BCUT2D eigenvalue weighted by Crippen LogP contribution is 2.35. The van der Waals surface area contributed by atoms with Crippen molar-refractivity contribution in [3.05, 3.63) is 34.3 Å². The highest BCUT2D eigenvalue weighted by atomic mass is 35.5. The van der Waals surface area contributed by atoms with E-state index in [1.165, 1.54) is 4.90 Å². The van der Waals surface area contributed by atoms with Crippen molar-refractivity contribution in [1.82, 2.24) is 4.90 Å². The number of hydrogen-bond donors (Lipinski definition) is 2. The minimum atomic E-state index is -1.00. The number of hydrogen-bond acceptors (Lipinski definition) is 2. The molecule has 4 nitrogen and oxygen atoms in total. The van der Waals surface area contributed by atoms with E-state index in [0.29, 0.717) is 18.0 Å². The molecule has 0 spiro atoms. The average molecular weight is 256 g/mol. The first kappa shape index (κ1) is 12.2. The molecule has 17 heavy (non-hydrogen) atoms. The summed E-state index contributed by atoms with van der Waals surface area (Å²) in [5.41, 5.74) is 1.70. The number of likely N-dealkylation sites (N-methyl/N-ethyl adjacent to an activating group) is 1. The van der Waals surface area contributed by atoms with Crippen molar-refractivity contribution in [3.8, 4) is 0 Å². The van der Waals surface area contributed by atoms with Gasteiger partial charge in [0, 0.05) is 11.6 Å². The zero-order valence-electron chi connectivity index (χ0n) is 9.43. The summed E-state index contributed by atoms with van der Waals surface area (Å²) >= 11 is 5.88. The van der Waals surface area contributed by atoms with Crippen molar-refractivity contribution in [3.63, 3.8) is 0 Å². The number of carboxylic acid groups (broad SMARTS) is 1. The third kappa shape index (κ3) is 2.10. The Kier molecular flexibility index (Phi) is 3.26. The van der Waals surface area contributed by atoms with E-state index < -0.39 is 18.2 Å². The fourth-order valence-corrected chi connectivity index (χ4v) is 2.57. The molecule has 92 valence electrons. The first-order valence-electron chi connectivity index (χ1n) is 5.50. The van der Waals surface area contributed by atoms with Crippen molar-refractivity contribution < 1.29 is 15.0 Å². The molecule has 2 rings (SSSR count). The lowest BCUT2D eigenvalue weighted by atomic mass is 10.1. The number of fused-ring (bicyclic) bond motifs is 1. The number of halogens is 1. The van der Waals surface area contributed by atoms with Gasteiger partial charge in [0.25, 0.3) is 0 Å². The Bertz CT molecular complexity index is 449. The minimum Gasteiger partial charge on any atom is -0.465 e. The van der Waals surface area contributed by atoms with E-state index in [9.17, 15) is 9.90 Å². The van der Waals surface area contributed by atoms with Crippen LogP contribution in [0.3, 0.4) is 0 Å². The molecular weight excluding hydrogens is 242 g/mol. The van der Waals surface area contributed by atoms with E-state index in [0.717, 1.165) is 11.1 Å². The SMILES string of the molecule is CCN(C(=O)O)C1Cc2cc(Cl)ccc2C1O. The van der Waals surface area contributed by atoms with Crippen molar-refractivity contribution in [2.24, 2.45) is 0 Å². The second-order valence-electron chi connectivity index (χ2n) is 4.13. The molecule has 1 aliphatic carbocycles. The van der Waals surface area contributed by atoms with E-state index >= 15 is 0 Å². The van der Waals surface area contributed by atoms with Crippen molar-refractivity contribution in [2.45, 2.75) is 25.5 Å². The number of aliphatic hydroxyl groups is 1. The first-order chi connectivity index (χ1) is 8.04. The maximum Gasteiger partial charge on any atom is 0.407 e. The van der Waals surface area contributed by atoms with Crippen LogP contribution in [0.1, 0.15) is 24.2 Å². The monoisotopic (exact) mass is 255 g/mol. The summed E-state index contributed by atoms with van der Waals surface area (Å²) in [6.45, 7) is 2.12. The molecule has 2 unspecified atom stereocenters. The number of amides is 1. The van der Waals surface area contributed by atoms with Crippen molar-refractivity contribution in [1.29, 1.82) is 0 Å². The van der Waals surface area contributed by atoms with Gasteiger partial charge in [0.05, 0.1) is 6.04 Å². The van der Waals surface area contributed by atoms with E-state index in [1.807, 2.05) is 0 Å². The molecule has 1 aromatic rings. The molecule has 0 heterocycles. The summed E-state index contributed by atoms with van der Waals surface area (Å²) in [6.07, 6.45) is -1.26. The maximum absolute atomic E-state index is 11.1. The van der Waals surface area contributed by atoms with Gasteiger partial charge in [-0.1, -0.05) is 17.7 Å². The topological polar surface area (TPSA) is 60.8 Å². The summed E-state index contributed by atoms with van der Waals surface area (Å²) in [4.78, 5) is 12.3. The van der Waals surface area contributed by atoms with Gasteiger partial charge in [-0.15, -0.1) is 0 Å². The number of aliphatic hydroxyl groups excluding tert-OH is 1. The first-order valence-corrected chi connectivity index (χ1v) is 5.88. The van der Waals surface area contributed by atoms with Crippen LogP contribution in [0.2, 0.25) is 5.02 Å². The number of rotatable bonds is 2. The van der Waals surface area contributed by atoms with Crippen LogP contribution in [0.5, 0.6) is 0 Å². The zero-order chi connectivity index (χ0) is 12.6. The molecule has 0 radical (unpaired) electrons. The Morgan fingerprint density at radius 3 is 2.88 bits per heavy atom. The third-order valence-corrected chi connectivity index (χ3v) is 3.44. The minimum absolute atomic E-state index is 0.360. The van der Waals surface area contributed by atoms with Crippen LogP contribution in [-0.2, 0) is 6.42 Å². The Morgan fingerprint density at radius 1 is 1.59 bits per heavy atom. The van der Waals surface area contributed by atoms with Crippen LogP contribution >= 0.6 is 11.6 Å². The summed E-state index contributed by atoms with van der Waals surface area (Å²) in [6, 6.07) is 4.85. The van der Waals surface area contributed by atoms with E-state index in [4.69, 9.17) is 16.7 Å². The zero-order valence-corrected chi connectivity index (χ0v) is 10.2. The van der Waals surface area contributed by atoms with Crippen LogP contribution in [-0.4, -0.2) is 33.8 Å². The highest BCUT2D eigenvalue weighted by Gasteiger charge is 2.36. The summed E-state index contributed by atoms with van der Waals surface area (Å²) < 4.78 is 0. The van der Waals surface area contributed by atoms with Gasteiger partial charge in [0.1, 0.15) is 6.10 Å². The second kappa shape index (κ2) is 4.55. The second-order valence-corrected chi connectivity index (χ2v) is 4.56. The lowest BCUT2D eigenvalue weighted by Crippen LogP contribution is -2.41. The Labute approximate surface area is 104 Å². The van der Waals surface area contributed by atoms with Gasteiger partial charge in [-0.2, -0.15) is 0 Å². The van der Waals surface area contributed by atoms with Crippen LogP contribution in [0, 0.1) is 0 Å². The quantitative estimate of drug-likeness (QED) is 0.852. The van der Waals surface area contributed by atoms with Crippen molar-refractivity contribution in [2.75, 3.05) is 6.54 Å². The summed E-state index contributed by atoms with van der Waals surface area (Å²) in [5.74, 6) is 0. The molecule has 2 N–H and O–H groups in total. The Morgan fingerprint density at radius 2 is 2.29 bits per heavy atom. The largest absolute Gasteiger partial charge is 0.465 e. The summed E-state index contributed by atoms with van der Waals surface area (Å²) in [7, 11) is 0. The fourth-order valence-electron chi connectivity index (χ4n) is 2.38.